The van der Waals surface area contributed by atoms with Gasteiger partial charge in [-0.3, -0.25) is 4.57 Å². The van der Waals surface area contributed by atoms with E-state index in [1.807, 2.05) is 28.8 Å². The van der Waals surface area contributed by atoms with E-state index in [1.54, 1.807) is 30.6 Å². The topological polar surface area (TPSA) is 50.9 Å². The molecule has 0 aliphatic rings. The van der Waals surface area contributed by atoms with Crippen LogP contribution in [0.2, 0.25) is 10.0 Å². The van der Waals surface area contributed by atoms with Gasteiger partial charge in [-0.1, -0.05) is 29.3 Å². The fraction of sp³-hybridized carbons (Fsp3) is 0. The van der Waals surface area contributed by atoms with Gasteiger partial charge < -0.3 is 5.11 Å². The summed E-state index contributed by atoms with van der Waals surface area (Å²) in [6.07, 6.45) is 3.36. The molecular weight excluding hydrogens is 345 g/mol. The minimum Gasteiger partial charge on any atom is -0.508 e. The number of nitrogens with zero attached hydrogens (tertiary/aromatic N) is 3. The van der Waals surface area contributed by atoms with Crippen LogP contribution in [0.15, 0.2) is 60.9 Å². The highest BCUT2D eigenvalue weighted by Crippen LogP contribution is 2.36. The molecule has 24 heavy (non-hydrogen) atoms. The van der Waals surface area contributed by atoms with Gasteiger partial charge in [0.25, 0.3) is 0 Å². The van der Waals surface area contributed by atoms with Crippen molar-refractivity contribution in [2.75, 3.05) is 0 Å². The molecule has 0 saturated carbocycles. The molecule has 0 radical (unpaired) electrons. The number of phenols is 1. The lowest BCUT2D eigenvalue weighted by molar-refractivity contribution is 0.475. The lowest BCUT2D eigenvalue weighted by Gasteiger charge is -2.10. The maximum atomic E-state index is 9.61. The maximum Gasteiger partial charge on any atom is 0.234 e. The minimum absolute atomic E-state index is 0.116. The summed E-state index contributed by atoms with van der Waals surface area (Å²) in [5, 5.41) is 11.7. The second-order valence-electron chi connectivity index (χ2n) is 5.28. The fourth-order valence-corrected chi connectivity index (χ4v) is 3.14. The molecule has 6 heteroatoms. The monoisotopic (exact) mass is 355 g/mol. The average molecular weight is 356 g/mol. The summed E-state index contributed by atoms with van der Waals surface area (Å²) in [6, 6.07) is 14.3. The van der Waals surface area contributed by atoms with Crippen molar-refractivity contribution in [3.63, 3.8) is 0 Å². The molecular formula is C18H11Cl2N3O. The smallest absolute Gasteiger partial charge is 0.234 e. The van der Waals surface area contributed by atoms with Crippen LogP contribution in [0.4, 0.5) is 0 Å². The van der Waals surface area contributed by atoms with E-state index >= 15 is 0 Å². The molecule has 0 unspecified atom stereocenters. The first-order valence-corrected chi connectivity index (χ1v) is 7.96. The summed E-state index contributed by atoms with van der Waals surface area (Å²) in [4.78, 5) is 8.70. The molecule has 4 aromatic rings. The van der Waals surface area contributed by atoms with Crippen LogP contribution in [0.1, 0.15) is 0 Å². The molecule has 118 valence electrons. The van der Waals surface area contributed by atoms with Gasteiger partial charge in [-0.25, -0.2) is 9.97 Å². The Balaban J connectivity index is 2.08. The summed E-state index contributed by atoms with van der Waals surface area (Å²) < 4.78 is 1.90. The molecule has 0 atom stereocenters. The highest BCUT2D eigenvalue weighted by molar-refractivity contribution is 6.33. The zero-order valence-corrected chi connectivity index (χ0v) is 13.8. The van der Waals surface area contributed by atoms with Gasteiger partial charge in [0, 0.05) is 28.4 Å². The number of hydrogen-bond acceptors (Lipinski definition) is 3. The van der Waals surface area contributed by atoms with E-state index in [1.165, 1.54) is 6.07 Å². The van der Waals surface area contributed by atoms with Crippen molar-refractivity contribution in [2.24, 2.45) is 0 Å². The molecule has 4 rings (SSSR count). The molecule has 0 saturated heterocycles. The van der Waals surface area contributed by atoms with Gasteiger partial charge >= 0.3 is 0 Å². The predicted octanol–water partition coefficient (Wildman–Crippen LogP) is 5.10. The zero-order valence-electron chi connectivity index (χ0n) is 12.3. The largest absolute Gasteiger partial charge is 0.508 e. The van der Waals surface area contributed by atoms with Gasteiger partial charge in [-0.15, -0.1) is 0 Å². The predicted molar refractivity (Wildman–Crippen MR) is 96.0 cm³/mol. The Kier molecular flexibility index (Phi) is 3.63. The first-order chi connectivity index (χ1) is 11.6. The van der Waals surface area contributed by atoms with Gasteiger partial charge in [0.15, 0.2) is 0 Å². The van der Waals surface area contributed by atoms with Crippen LogP contribution in [0, 0.1) is 0 Å². The Labute approximate surface area is 147 Å². The van der Waals surface area contributed by atoms with Gasteiger partial charge in [0.05, 0.1) is 16.2 Å². The second-order valence-corrected chi connectivity index (χ2v) is 6.12. The number of halogens is 2. The van der Waals surface area contributed by atoms with Crippen LogP contribution in [0.25, 0.3) is 28.1 Å². The Hall–Kier alpha value is -2.56. The van der Waals surface area contributed by atoms with Crippen molar-refractivity contribution < 1.29 is 5.11 Å². The van der Waals surface area contributed by atoms with Crippen molar-refractivity contribution >= 4 is 34.1 Å². The standard InChI is InChI=1S/C18H11Cl2N3O/c19-12-3-2-11-8-17(14-5-4-13(24)10-15(14)20)23(16(11)9-12)18-21-6-1-7-22-18/h1-10,24H. The summed E-state index contributed by atoms with van der Waals surface area (Å²) >= 11 is 12.5. The second kappa shape index (κ2) is 5.82. The van der Waals surface area contributed by atoms with Crippen LogP contribution >= 0.6 is 23.2 Å². The van der Waals surface area contributed by atoms with E-state index in [-0.39, 0.29) is 5.75 Å². The number of aromatic nitrogens is 3. The number of fused-ring (bicyclic) bond motifs is 1. The first-order valence-electron chi connectivity index (χ1n) is 7.21. The van der Waals surface area contributed by atoms with E-state index in [4.69, 9.17) is 23.2 Å². The molecule has 0 fully saturated rings. The van der Waals surface area contributed by atoms with Crippen LogP contribution in [-0.2, 0) is 0 Å². The molecule has 2 heterocycles. The molecule has 0 aliphatic carbocycles. The minimum atomic E-state index is 0.116. The van der Waals surface area contributed by atoms with E-state index in [2.05, 4.69) is 9.97 Å². The average Bonchev–Trinajstić information content (AvgIpc) is 2.94. The number of aromatic hydroxyl groups is 1. The normalized spacial score (nSPS) is 11.1. The van der Waals surface area contributed by atoms with Gasteiger partial charge in [-0.05, 0) is 42.5 Å². The third kappa shape index (κ3) is 2.50. The van der Waals surface area contributed by atoms with E-state index in [0.717, 1.165) is 22.2 Å². The number of rotatable bonds is 2. The van der Waals surface area contributed by atoms with Crippen molar-refractivity contribution in [1.82, 2.24) is 14.5 Å². The third-order valence-electron chi connectivity index (χ3n) is 3.75. The summed E-state index contributed by atoms with van der Waals surface area (Å²) in [7, 11) is 0. The molecule has 2 aromatic heterocycles. The van der Waals surface area contributed by atoms with Crippen molar-refractivity contribution in [3.05, 3.63) is 71.0 Å². The van der Waals surface area contributed by atoms with Crippen molar-refractivity contribution in [2.45, 2.75) is 0 Å². The Morgan fingerprint density at radius 1 is 0.917 bits per heavy atom. The lowest BCUT2D eigenvalue weighted by Crippen LogP contribution is -2.02. The Morgan fingerprint density at radius 2 is 1.71 bits per heavy atom. The Morgan fingerprint density at radius 3 is 2.46 bits per heavy atom. The Bertz CT molecular complexity index is 1050. The first kappa shape index (κ1) is 15.0. The number of phenolic OH excluding ortho intramolecular Hbond substituents is 1. The molecule has 0 aliphatic heterocycles. The molecule has 0 spiro atoms. The van der Waals surface area contributed by atoms with Gasteiger partial charge in [0.2, 0.25) is 5.95 Å². The highest BCUT2D eigenvalue weighted by atomic mass is 35.5. The molecule has 4 nitrogen and oxygen atoms in total. The molecule has 0 bridgehead atoms. The van der Waals surface area contributed by atoms with Gasteiger partial charge in [-0.2, -0.15) is 0 Å². The third-order valence-corrected chi connectivity index (χ3v) is 4.30. The maximum absolute atomic E-state index is 9.61. The molecule has 0 amide bonds. The van der Waals surface area contributed by atoms with Crippen LogP contribution in [-0.4, -0.2) is 19.6 Å². The van der Waals surface area contributed by atoms with Crippen LogP contribution in [0.5, 0.6) is 5.75 Å². The highest BCUT2D eigenvalue weighted by Gasteiger charge is 2.16. The summed E-state index contributed by atoms with van der Waals surface area (Å²) in [5.74, 6) is 0.638. The molecule has 1 N–H and O–H groups in total. The lowest BCUT2D eigenvalue weighted by atomic mass is 10.1. The van der Waals surface area contributed by atoms with E-state index < -0.39 is 0 Å². The summed E-state index contributed by atoms with van der Waals surface area (Å²) in [6.45, 7) is 0. The number of hydrogen-bond donors (Lipinski definition) is 1. The zero-order chi connectivity index (χ0) is 16.7. The van der Waals surface area contributed by atoms with Crippen LogP contribution in [0.3, 0.4) is 0 Å². The number of benzene rings is 2. The summed E-state index contributed by atoms with van der Waals surface area (Å²) in [5.41, 5.74) is 2.48. The van der Waals surface area contributed by atoms with Crippen molar-refractivity contribution in [1.29, 1.82) is 0 Å². The fourth-order valence-electron chi connectivity index (χ4n) is 2.71. The van der Waals surface area contributed by atoms with E-state index in [0.29, 0.717) is 16.0 Å². The van der Waals surface area contributed by atoms with Crippen molar-refractivity contribution in [3.8, 4) is 23.0 Å². The van der Waals surface area contributed by atoms with Gasteiger partial charge in [0.1, 0.15) is 5.75 Å². The SMILES string of the molecule is Oc1ccc(-c2cc3ccc(Cl)cc3n2-c2ncccn2)c(Cl)c1. The quantitative estimate of drug-likeness (QED) is 0.544. The molecule has 2 aromatic carbocycles. The van der Waals surface area contributed by atoms with Crippen LogP contribution < -0.4 is 0 Å². The van der Waals surface area contributed by atoms with E-state index in [9.17, 15) is 5.11 Å².